The van der Waals surface area contributed by atoms with E-state index in [9.17, 15) is 4.79 Å². The van der Waals surface area contributed by atoms with E-state index in [1.165, 1.54) is 4.80 Å². The number of carbonyl (C=O) groups excluding carboxylic acids is 1. The average molecular weight is 392 g/mol. The quantitative estimate of drug-likeness (QED) is 0.670. The zero-order valence-electron chi connectivity index (χ0n) is 12.4. The molecule has 0 aliphatic rings. The minimum absolute atomic E-state index is 0.0593. The van der Waals surface area contributed by atoms with Crippen molar-refractivity contribution >= 4 is 33.2 Å². The number of carbonyl (C=O) groups is 1. The van der Waals surface area contributed by atoms with Crippen molar-refractivity contribution in [2.45, 2.75) is 13.1 Å². The number of nitrogens with zero attached hydrogens (tertiary/aromatic N) is 5. The second-order valence-electron chi connectivity index (χ2n) is 5.03. The lowest BCUT2D eigenvalue weighted by atomic mass is 10.2. The fraction of sp³-hybridized carbons (Fsp3) is 0.200. The Bertz CT molecular complexity index is 785. The Morgan fingerprint density at radius 2 is 2.09 bits per heavy atom. The van der Waals surface area contributed by atoms with Gasteiger partial charge in [-0.2, -0.15) is 16.1 Å². The smallest absolute Gasteiger partial charge is 0.246 e. The van der Waals surface area contributed by atoms with Crippen LogP contribution in [0, 0.1) is 0 Å². The first-order chi connectivity index (χ1) is 11.1. The molecule has 2 heterocycles. The van der Waals surface area contributed by atoms with Gasteiger partial charge in [0, 0.05) is 23.6 Å². The molecule has 3 aromatic rings. The summed E-state index contributed by atoms with van der Waals surface area (Å²) < 4.78 is 0.985. The van der Waals surface area contributed by atoms with Crippen LogP contribution in [0.1, 0.15) is 5.56 Å². The van der Waals surface area contributed by atoms with Gasteiger partial charge in [-0.15, -0.1) is 10.2 Å². The summed E-state index contributed by atoms with van der Waals surface area (Å²) in [7, 11) is 1.77. The van der Waals surface area contributed by atoms with Gasteiger partial charge in [0.2, 0.25) is 11.7 Å². The molecule has 0 aliphatic heterocycles. The summed E-state index contributed by atoms with van der Waals surface area (Å²) in [6.45, 7) is 0.654. The fourth-order valence-corrected chi connectivity index (χ4v) is 2.94. The third-order valence-electron chi connectivity index (χ3n) is 3.26. The van der Waals surface area contributed by atoms with Crippen molar-refractivity contribution in [3.8, 4) is 11.4 Å². The van der Waals surface area contributed by atoms with Crippen LogP contribution in [0.15, 0.2) is 45.6 Å². The second-order valence-corrected chi connectivity index (χ2v) is 6.73. The first-order valence-corrected chi connectivity index (χ1v) is 8.64. The van der Waals surface area contributed by atoms with Crippen LogP contribution < -0.4 is 0 Å². The van der Waals surface area contributed by atoms with Crippen LogP contribution in [-0.2, 0) is 17.9 Å². The van der Waals surface area contributed by atoms with Gasteiger partial charge in [-0.1, -0.05) is 15.9 Å². The van der Waals surface area contributed by atoms with Gasteiger partial charge in [-0.05, 0) is 51.9 Å². The third kappa shape index (κ3) is 4.02. The molecule has 3 rings (SSSR count). The Kier molecular flexibility index (Phi) is 4.82. The highest BCUT2D eigenvalue weighted by Gasteiger charge is 2.13. The number of aromatic nitrogens is 4. The van der Waals surface area contributed by atoms with E-state index in [-0.39, 0.29) is 12.5 Å². The van der Waals surface area contributed by atoms with E-state index in [0.717, 1.165) is 15.6 Å². The molecule has 0 fully saturated rings. The highest BCUT2D eigenvalue weighted by molar-refractivity contribution is 9.10. The predicted octanol–water partition coefficient (Wildman–Crippen LogP) is 2.82. The topological polar surface area (TPSA) is 63.9 Å². The van der Waals surface area contributed by atoms with E-state index in [4.69, 9.17) is 0 Å². The third-order valence-corrected chi connectivity index (χ3v) is 4.52. The van der Waals surface area contributed by atoms with E-state index in [1.807, 2.05) is 41.1 Å². The van der Waals surface area contributed by atoms with Gasteiger partial charge in [0.25, 0.3) is 0 Å². The van der Waals surface area contributed by atoms with Crippen molar-refractivity contribution in [2.75, 3.05) is 7.05 Å². The number of halogens is 1. The van der Waals surface area contributed by atoms with Gasteiger partial charge >= 0.3 is 0 Å². The number of benzene rings is 1. The van der Waals surface area contributed by atoms with Crippen molar-refractivity contribution in [3.63, 3.8) is 0 Å². The van der Waals surface area contributed by atoms with Crippen molar-refractivity contribution in [1.82, 2.24) is 25.1 Å². The minimum atomic E-state index is -0.0593. The number of amides is 1. The molecule has 118 valence electrons. The molecule has 0 saturated carbocycles. The van der Waals surface area contributed by atoms with Crippen molar-refractivity contribution in [3.05, 3.63) is 51.1 Å². The highest BCUT2D eigenvalue weighted by Crippen LogP contribution is 2.17. The maximum atomic E-state index is 12.2. The Labute approximate surface area is 145 Å². The first kappa shape index (κ1) is 15.8. The molecule has 0 radical (unpaired) electrons. The van der Waals surface area contributed by atoms with Crippen molar-refractivity contribution in [1.29, 1.82) is 0 Å². The summed E-state index contributed by atoms with van der Waals surface area (Å²) in [6, 6.07) is 9.63. The molecule has 1 amide bonds. The van der Waals surface area contributed by atoms with E-state index in [1.54, 1.807) is 23.3 Å². The van der Waals surface area contributed by atoms with Crippen LogP contribution in [0.25, 0.3) is 11.4 Å². The van der Waals surface area contributed by atoms with Gasteiger partial charge in [-0.25, -0.2) is 0 Å². The molecule has 1 aromatic carbocycles. The minimum Gasteiger partial charge on any atom is -0.340 e. The van der Waals surface area contributed by atoms with E-state index >= 15 is 0 Å². The fourth-order valence-electron chi connectivity index (χ4n) is 2.01. The van der Waals surface area contributed by atoms with Crippen LogP contribution in [0.4, 0.5) is 0 Å². The molecular formula is C15H14BrN5OS. The van der Waals surface area contributed by atoms with E-state index in [0.29, 0.717) is 12.4 Å². The number of thiophene rings is 1. The molecule has 6 nitrogen and oxygen atoms in total. The Morgan fingerprint density at radius 1 is 1.30 bits per heavy atom. The molecule has 0 spiro atoms. The normalized spacial score (nSPS) is 10.7. The number of likely N-dealkylation sites (N-methyl/N-ethyl adjacent to an activating group) is 1. The number of tetrazole rings is 1. The zero-order valence-corrected chi connectivity index (χ0v) is 14.8. The largest absolute Gasteiger partial charge is 0.340 e. The molecule has 0 bridgehead atoms. The number of hydrogen-bond acceptors (Lipinski definition) is 5. The maximum absolute atomic E-state index is 12.2. The first-order valence-electron chi connectivity index (χ1n) is 6.90. The molecule has 0 saturated heterocycles. The molecule has 0 aliphatic carbocycles. The Morgan fingerprint density at radius 3 is 2.78 bits per heavy atom. The molecule has 2 aromatic heterocycles. The van der Waals surface area contributed by atoms with Crippen LogP contribution in [0.3, 0.4) is 0 Å². The van der Waals surface area contributed by atoms with Crippen LogP contribution in [0.5, 0.6) is 0 Å². The standard InChI is InChI=1S/C15H14BrN5OS/c1-20(8-11-6-7-23-10-11)14(22)9-21-18-15(17-19-21)12-2-4-13(16)5-3-12/h2-7,10H,8-9H2,1H3. The molecular weight excluding hydrogens is 378 g/mol. The maximum Gasteiger partial charge on any atom is 0.246 e. The van der Waals surface area contributed by atoms with Gasteiger partial charge in [-0.3, -0.25) is 4.79 Å². The van der Waals surface area contributed by atoms with Crippen LogP contribution in [0.2, 0.25) is 0 Å². The van der Waals surface area contributed by atoms with Crippen molar-refractivity contribution in [2.24, 2.45) is 0 Å². The average Bonchev–Trinajstić information content (AvgIpc) is 3.20. The van der Waals surface area contributed by atoms with Gasteiger partial charge < -0.3 is 4.90 Å². The molecule has 0 N–H and O–H groups in total. The van der Waals surface area contributed by atoms with Crippen molar-refractivity contribution < 1.29 is 4.79 Å². The van der Waals surface area contributed by atoms with Crippen LogP contribution in [-0.4, -0.2) is 38.1 Å². The summed E-state index contributed by atoms with van der Waals surface area (Å²) >= 11 is 5.00. The highest BCUT2D eigenvalue weighted by atomic mass is 79.9. The lowest BCUT2D eigenvalue weighted by Crippen LogP contribution is -2.30. The SMILES string of the molecule is CN(Cc1ccsc1)C(=O)Cn1nnc(-c2ccc(Br)cc2)n1. The number of rotatable bonds is 5. The lowest BCUT2D eigenvalue weighted by molar-refractivity contribution is -0.131. The Hall–Kier alpha value is -2.06. The summed E-state index contributed by atoms with van der Waals surface area (Å²) in [6.07, 6.45) is 0. The van der Waals surface area contributed by atoms with Gasteiger partial charge in [0.1, 0.15) is 6.54 Å². The van der Waals surface area contributed by atoms with E-state index in [2.05, 4.69) is 31.3 Å². The predicted molar refractivity (Wildman–Crippen MR) is 91.7 cm³/mol. The zero-order chi connectivity index (χ0) is 16.2. The van der Waals surface area contributed by atoms with Crippen LogP contribution >= 0.6 is 27.3 Å². The van der Waals surface area contributed by atoms with E-state index < -0.39 is 0 Å². The van der Waals surface area contributed by atoms with Gasteiger partial charge in [0.05, 0.1) is 0 Å². The summed E-state index contributed by atoms with van der Waals surface area (Å²) in [5.74, 6) is 0.446. The summed E-state index contributed by atoms with van der Waals surface area (Å²) in [5, 5.41) is 16.2. The Balaban J connectivity index is 1.64. The molecule has 23 heavy (non-hydrogen) atoms. The molecule has 8 heteroatoms. The monoisotopic (exact) mass is 391 g/mol. The molecule has 0 unspecified atom stereocenters. The van der Waals surface area contributed by atoms with Gasteiger partial charge in [0.15, 0.2) is 0 Å². The molecule has 0 atom stereocenters. The number of hydrogen-bond donors (Lipinski definition) is 0. The summed E-state index contributed by atoms with van der Waals surface area (Å²) in [4.78, 5) is 15.2. The lowest BCUT2D eigenvalue weighted by Gasteiger charge is -2.15. The second kappa shape index (κ2) is 7.01. The summed E-state index contributed by atoms with van der Waals surface area (Å²) in [5.41, 5.74) is 1.98.